The van der Waals surface area contributed by atoms with Crippen molar-refractivity contribution in [1.82, 2.24) is 9.78 Å². The lowest BCUT2D eigenvalue weighted by Gasteiger charge is -2.05. The van der Waals surface area contributed by atoms with Crippen molar-refractivity contribution < 1.29 is 13.6 Å². The maximum absolute atomic E-state index is 13.1. The summed E-state index contributed by atoms with van der Waals surface area (Å²) in [6, 6.07) is 5.09. The maximum atomic E-state index is 13.1. The fourth-order valence-corrected chi connectivity index (χ4v) is 2.31. The van der Waals surface area contributed by atoms with Crippen LogP contribution in [-0.4, -0.2) is 15.6 Å². The molecule has 0 bridgehead atoms. The van der Waals surface area contributed by atoms with Crippen LogP contribution in [0.4, 0.5) is 8.78 Å². The molecule has 0 saturated carbocycles. The van der Waals surface area contributed by atoms with Gasteiger partial charge in [-0.2, -0.15) is 5.10 Å². The fourth-order valence-electron chi connectivity index (χ4n) is 2.31. The number of rotatable bonds is 6. The van der Waals surface area contributed by atoms with Crippen LogP contribution in [0.25, 0.3) is 0 Å². The van der Waals surface area contributed by atoms with E-state index in [4.69, 9.17) is 0 Å². The van der Waals surface area contributed by atoms with Crippen LogP contribution in [0.2, 0.25) is 0 Å². The van der Waals surface area contributed by atoms with Gasteiger partial charge in [-0.25, -0.2) is 8.78 Å². The second-order valence-corrected chi connectivity index (χ2v) is 4.97. The van der Waals surface area contributed by atoms with Gasteiger partial charge in [0.1, 0.15) is 17.4 Å². The van der Waals surface area contributed by atoms with Crippen LogP contribution in [0.3, 0.4) is 0 Å². The molecule has 3 nitrogen and oxygen atoms in total. The number of benzene rings is 1. The lowest BCUT2D eigenvalue weighted by molar-refractivity contribution is -0.117. The highest BCUT2D eigenvalue weighted by atomic mass is 19.1. The maximum Gasteiger partial charge on any atom is 0.143 e. The zero-order chi connectivity index (χ0) is 15.4. The molecule has 0 aliphatic heterocycles. The van der Waals surface area contributed by atoms with Crippen molar-refractivity contribution >= 4 is 5.78 Å². The standard InChI is InChI=1S/C16H18F2N2O/c1-3-14-9-15(20(4-2)19-14)10-16(21)7-11-5-12(17)8-13(18)6-11/h5-6,8-9H,3-4,7,10H2,1-2H3. The second kappa shape index (κ2) is 6.61. The summed E-state index contributed by atoms with van der Waals surface area (Å²) in [4.78, 5) is 12.1. The number of carbonyl (C=O) groups excluding carboxylic acids is 1. The number of aromatic nitrogens is 2. The Bertz CT molecular complexity index is 629. The van der Waals surface area contributed by atoms with Crippen LogP contribution >= 0.6 is 0 Å². The van der Waals surface area contributed by atoms with Crippen molar-refractivity contribution in [1.29, 1.82) is 0 Å². The highest BCUT2D eigenvalue weighted by Gasteiger charge is 2.12. The Morgan fingerprint density at radius 3 is 2.33 bits per heavy atom. The zero-order valence-corrected chi connectivity index (χ0v) is 12.2. The smallest absolute Gasteiger partial charge is 0.143 e. The summed E-state index contributed by atoms with van der Waals surface area (Å²) >= 11 is 0. The van der Waals surface area contributed by atoms with Gasteiger partial charge in [-0.05, 0) is 37.1 Å². The first-order chi connectivity index (χ1) is 10.0. The third-order valence-corrected chi connectivity index (χ3v) is 3.28. The summed E-state index contributed by atoms with van der Waals surface area (Å²) in [5.74, 6) is -1.41. The quantitative estimate of drug-likeness (QED) is 0.820. The lowest BCUT2D eigenvalue weighted by Crippen LogP contribution is -2.11. The molecule has 0 atom stereocenters. The molecule has 0 spiro atoms. The molecule has 0 fully saturated rings. The Kier molecular flexibility index (Phi) is 4.83. The molecule has 0 aliphatic carbocycles. The van der Waals surface area contributed by atoms with Crippen LogP contribution in [0, 0.1) is 11.6 Å². The van der Waals surface area contributed by atoms with E-state index in [2.05, 4.69) is 5.10 Å². The lowest BCUT2D eigenvalue weighted by atomic mass is 10.1. The molecular formula is C16H18F2N2O. The minimum Gasteiger partial charge on any atom is -0.299 e. The van der Waals surface area contributed by atoms with Gasteiger partial charge in [0.2, 0.25) is 0 Å². The Morgan fingerprint density at radius 1 is 1.10 bits per heavy atom. The predicted octanol–water partition coefficient (Wildman–Crippen LogP) is 3.10. The predicted molar refractivity (Wildman–Crippen MR) is 76.1 cm³/mol. The molecular weight excluding hydrogens is 274 g/mol. The minimum absolute atomic E-state index is 0.0189. The largest absolute Gasteiger partial charge is 0.299 e. The van der Waals surface area contributed by atoms with Crippen molar-refractivity contribution in [3.8, 4) is 0 Å². The molecule has 2 aromatic rings. The van der Waals surface area contributed by atoms with Crippen LogP contribution in [0.1, 0.15) is 30.8 Å². The molecule has 112 valence electrons. The number of Topliss-reactive ketones (excluding diaryl/α,β-unsaturated/α-hetero) is 1. The van der Waals surface area contributed by atoms with E-state index in [1.807, 2.05) is 19.9 Å². The minimum atomic E-state index is -0.662. The fraction of sp³-hybridized carbons (Fsp3) is 0.375. The van der Waals surface area contributed by atoms with Gasteiger partial charge >= 0.3 is 0 Å². The third kappa shape index (κ3) is 3.97. The van der Waals surface area contributed by atoms with Gasteiger partial charge in [-0.3, -0.25) is 9.48 Å². The first-order valence-electron chi connectivity index (χ1n) is 7.04. The number of nitrogens with zero attached hydrogens (tertiary/aromatic N) is 2. The molecule has 0 radical (unpaired) electrons. The Hall–Kier alpha value is -2.04. The van der Waals surface area contributed by atoms with Gasteiger partial charge in [0.25, 0.3) is 0 Å². The van der Waals surface area contributed by atoms with Gasteiger partial charge in [0, 0.05) is 31.1 Å². The summed E-state index contributed by atoms with van der Waals surface area (Å²) in [5, 5.41) is 4.38. The van der Waals surface area contributed by atoms with Crippen molar-refractivity contribution in [3.63, 3.8) is 0 Å². The van der Waals surface area contributed by atoms with E-state index in [-0.39, 0.29) is 18.6 Å². The number of hydrogen-bond acceptors (Lipinski definition) is 2. The molecule has 1 aromatic heterocycles. The van der Waals surface area contributed by atoms with E-state index in [1.54, 1.807) is 4.68 Å². The van der Waals surface area contributed by atoms with Crippen LogP contribution in [-0.2, 0) is 30.6 Å². The highest BCUT2D eigenvalue weighted by molar-refractivity contribution is 5.82. The van der Waals surface area contributed by atoms with Crippen LogP contribution in [0.5, 0.6) is 0 Å². The normalized spacial score (nSPS) is 10.9. The van der Waals surface area contributed by atoms with Crippen molar-refractivity contribution in [2.75, 3.05) is 0 Å². The van der Waals surface area contributed by atoms with Gasteiger partial charge in [0.15, 0.2) is 0 Å². The van der Waals surface area contributed by atoms with E-state index in [1.165, 1.54) is 12.1 Å². The Morgan fingerprint density at radius 2 is 1.76 bits per heavy atom. The van der Waals surface area contributed by atoms with E-state index >= 15 is 0 Å². The molecule has 1 heterocycles. The van der Waals surface area contributed by atoms with E-state index in [0.717, 1.165) is 23.9 Å². The van der Waals surface area contributed by atoms with E-state index in [9.17, 15) is 13.6 Å². The van der Waals surface area contributed by atoms with Crippen LogP contribution in [0.15, 0.2) is 24.3 Å². The average Bonchev–Trinajstić information content (AvgIpc) is 2.79. The van der Waals surface area contributed by atoms with Gasteiger partial charge in [-0.1, -0.05) is 6.92 Å². The molecule has 0 saturated heterocycles. The zero-order valence-electron chi connectivity index (χ0n) is 12.2. The SMILES string of the molecule is CCc1cc(CC(=O)Cc2cc(F)cc(F)c2)n(CC)n1. The van der Waals surface area contributed by atoms with Gasteiger partial charge in [-0.15, -0.1) is 0 Å². The average molecular weight is 292 g/mol. The van der Waals surface area contributed by atoms with Crippen LogP contribution < -0.4 is 0 Å². The molecule has 21 heavy (non-hydrogen) atoms. The molecule has 1 aromatic carbocycles. The third-order valence-electron chi connectivity index (χ3n) is 3.28. The first kappa shape index (κ1) is 15.4. The first-order valence-corrected chi connectivity index (χ1v) is 7.04. The number of halogens is 2. The summed E-state index contributed by atoms with van der Waals surface area (Å²) in [7, 11) is 0. The van der Waals surface area contributed by atoms with Gasteiger partial charge < -0.3 is 0 Å². The molecule has 5 heteroatoms. The molecule has 0 N–H and O–H groups in total. The van der Waals surface area contributed by atoms with Crippen molar-refractivity contribution in [3.05, 3.63) is 52.9 Å². The topological polar surface area (TPSA) is 34.9 Å². The number of carbonyl (C=O) groups is 1. The Balaban J connectivity index is 2.09. The summed E-state index contributed by atoms with van der Waals surface area (Å²) in [5.41, 5.74) is 2.14. The van der Waals surface area contributed by atoms with Gasteiger partial charge in [0.05, 0.1) is 5.69 Å². The molecule has 0 aliphatic rings. The molecule has 0 unspecified atom stereocenters. The Labute approximate surface area is 122 Å². The summed E-state index contributed by atoms with van der Waals surface area (Å²) in [6.07, 6.45) is 1.05. The summed E-state index contributed by atoms with van der Waals surface area (Å²) < 4.78 is 28.0. The number of aryl methyl sites for hydroxylation is 2. The monoisotopic (exact) mass is 292 g/mol. The summed E-state index contributed by atoms with van der Waals surface area (Å²) in [6.45, 7) is 4.66. The number of hydrogen-bond donors (Lipinski definition) is 0. The van der Waals surface area contributed by atoms with Crippen molar-refractivity contribution in [2.24, 2.45) is 0 Å². The van der Waals surface area contributed by atoms with E-state index in [0.29, 0.717) is 12.1 Å². The second-order valence-electron chi connectivity index (χ2n) is 4.97. The van der Waals surface area contributed by atoms with E-state index < -0.39 is 11.6 Å². The number of ketones is 1. The molecule has 0 amide bonds. The molecule has 2 rings (SSSR count). The van der Waals surface area contributed by atoms with Crippen molar-refractivity contribution in [2.45, 2.75) is 39.7 Å². The highest BCUT2D eigenvalue weighted by Crippen LogP contribution is 2.12.